The number of ether oxygens (including phenoxy) is 3. The first kappa shape index (κ1) is 52.7. The monoisotopic (exact) mass is 1340 g/mol. The highest BCUT2D eigenvalue weighted by molar-refractivity contribution is 6.18. The van der Waals surface area contributed by atoms with Crippen molar-refractivity contribution in [3.63, 3.8) is 0 Å². The van der Waals surface area contributed by atoms with E-state index in [1.54, 1.807) is 0 Å². The number of hydrogen-bond acceptors (Lipinski definition) is 5. The molecule has 480 valence electrons. The number of benzene rings is 10. The van der Waals surface area contributed by atoms with Gasteiger partial charge in [0.05, 0.1) is 38.2 Å². The van der Waals surface area contributed by atoms with Gasteiger partial charge in [-0.05, 0) is 158 Å². The molecule has 14 heteroatoms. The summed E-state index contributed by atoms with van der Waals surface area (Å²) in [5.74, 6) is 5.55. The molecule has 9 aliphatic rings. The first-order chi connectivity index (χ1) is 52.2. The van der Waals surface area contributed by atoms with Crippen LogP contribution in [0.15, 0.2) is 298 Å². The summed E-state index contributed by atoms with van der Waals surface area (Å²) in [4.78, 5) is 9.78. The van der Waals surface area contributed by atoms with Gasteiger partial charge in [0, 0.05) is 70.3 Å². The van der Waals surface area contributed by atoms with E-state index in [1.807, 2.05) is 24.5 Å². The molecule has 11 aromatic heterocycles. The van der Waals surface area contributed by atoms with Crippen molar-refractivity contribution in [1.29, 1.82) is 0 Å². The molecule has 30 rings (SSSR count). The van der Waals surface area contributed by atoms with Crippen molar-refractivity contribution in [2.75, 3.05) is 0 Å². The van der Waals surface area contributed by atoms with Crippen LogP contribution in [0.3, 0.4) is 0 Å². The molecule has 0 aliphatic carbocycles. The summed E-state index contributed by atoms with van der Waals surface area (Å²) in [6.45, 7) is 0. The number of nitrogens with zero attached hydrogens (tertiary/aromatic N) is 11. The van der Waals surface area contributed by atoms with Gasteiger partial charge in [0.15, 0.2) is 57.2 Å². The number of hydrogen-bond donors (Lipinski definition) is 0. The van der Waals surface area contributed by atoms with Crippen LogP contribution in [0.1, 0.15) is 33.4 Å². The molecule has 21 aromatic rings. The molecule has 20 heterocycles. The number of para-hydroxylation sites is 7. The zero-order valence-electron chi connectivity index (χ0n) is 55.4. The Kier molecular flexibility index (Phi) is 8.72. The third-order valence-electron chi connectivity index (χ3n) is 24.8. The van der Waals surface area contributed by atoms with Gasteiger partial charge in [-0.2, -0.15) is 13.2 Å². The van der Waals surface area contributed by atoms with Gasteiger partial charge in [0.25, 0.3) is 0 Å². The number of rotatable bonds is 0. The third-order valence-corrected chi connectivity index (χ3v) is 24.8. The average Bonchev–Trinajstić information content (AvgIpc) is 1.48. The molecule has 0 fully saturated rings. The summed E-state index contributed by atoms with van der Waals surface area (Å²) in [5.41, 5.74) is 28.0. The van der Waals surface area contributed by atoms with Crippen LogP contribution in [0.4, 0.5) is 0 Å². The first-order valence-corrected chi connectivity index (χ1v) is 35.9. The molecule has 0 radical (unpaired) electrons. The molecule has 3 spiro atoms. The molecule has 3 unspecified atom stereocenters. The fraction of sp³-hybridized carbons (Fsp3) is 0.0330. The molecule has 10 aromatic carbocycles. The summed E-state index contributed by atoms with van der Waals surface area (Å²) in [7, 11) is 0. The molecule has 0 saturated carbocycles. The molecule has 9 aliphatic heterocycles. The highest BCUT2D eigenvalue weighted by Crippen LogP contribution is 2.62. The Morgan fingerprint density at radius 2 is 0.638 bits per heavy atom. The van der Waals surface area contributed by atoms with Crippen molar-refractivity contribution < 1.29 is 41.6 Å². The standard InChI is InChI=1S/C31H17N3O.2C30H16N4O/c1-2-11-22-18(8-1)19-15-16-26-29-27(19)30-33(22)23-12-3-4-13-24(23)34(30)31(29)28-20(9-7-14-25(28)35-26)21-10-5-6-17-32(21)31;1-2-11-22-21(10-1)33-28-18(8-6-15-31-28)17-13-14-24-27-25(17)29(33)34(22)30(27)26-19(7-5-12-23(26)35-24)20-9-3-4-16-32(20)30;1-2-10-21-20(9-1)33-22-11-6-15-31-28(22)18-13-14-24-27-25(18)29(33)34(21)30(27)26-17(7-5-12-23(26)35-24)19-8-3-4-16-32(19)30/h1-17H;2*1-16H/q3*+2. The Labute approximate surface area is 593 Å². The summed E-state index contributed by atoms with van der Waals surface area (Å²) in [6.07, 6.45) is 10.5. The van der Waals surface area contributed by atoms with Crippen molar-refractivity contribution in [2.45, 2.75) is 17.0 Å². The van der Waals surface area contributed by atoms with Crippen LogP contribution in [0.5, 0.6) is 34.5 Å². The molecular weight excluding hydrogens is 1300 g/mol. The Morgan fingerprint density at radius 3 is 1.15 bits per heavy atom. The van der Waals surface area contributed by atoms with E-state index in [4.69, 9.17) is 24.2 Å². The summed E-state index contributed by atoms with van der Waals surface area (Å²) >= 11 is 0. The van der Waals surface area contributed by atoms with E-state index >= 15 is 0 Å². The van der Waals surface area contributed by atoms with E-state index in [-0.39, 0.29) is 0 Å². The second-order valence-electron chi connectivity index (χ2n) is 29.0. The minimum absolute atomic E-state index is 0.538. The molecule has 14 nitrogen and oxygen atoms in total. The van der Waals surface area contributed by atoms with Crippen LogP contribution in [0.2, 0.25) is 0 Å². The second kappa shape index (κ2) is 17.4. The zero-order valence-corrected chi connectivity index (χ0v) is 55.4. The number of imidazole rings is 3. The predicted octanol–water partition coefficient (Wildman–Crippen LogP) is 15.8. The summed E-state index contributed by atoms with van der Waals surface area (Å²) in [6, 6.07) is 95.4. The van der Waals surface area contributed by atoms with Gasteiger partial charge in [0.1, 0.15) is 78.9 Å². The fourth-order valence-corrected chi connectivity index (χ4v) is 21.6. The molecular formula is C91H49N11O3+6. The lowest BCUT2D eigenvalue weighted by molar-refractivity contribution is -0.940. The molecule has 105 heavy (non-hydrogen) atoms. The van der Waals surface area contributed by atoms with E-state index in [2.05, 4.69) is 314 Å². The first-order valence-electron chi connectivity index (χ1n) is 35.9. The smallest absolute Gasteiger partial charge is 0.372 e. The average molecular weight is 1340 g/mol. The molecule has 3 atom stereocenters. The Morgan fingerprint density at radius 1 is 0.267 bits per heavy atom. The number of fused-ring (bicyclic) bond motifs is 24. The topological polar surface area (TPSA) is 90.0 Å². The molecule has 0 N–H and O–H groups in total. The van der Waals surface area contributed by atoms with Gasteiger partial charge in [-0.1, -0.05) is 72.8 Å². The van der Waals surface area contributed by atoms with Crippen molar-refractivity contribution in [2.24, 2.45) is 0 Å². The van der Waals surface area contributed by atoms with Crippen LogP contribution in [-0.2, 0) is 17.0 Å². The van der Waals surface area contributed by atoms with Crippen LogP contribution >= 0.6 is 0 Å². The molecule has 0 amide bonds. The highest BCUT2D eigenvalue weighted by Gasteiger charge is 2.72. The van der Waals surface area contributed by atoms with Crippen molar-refractivity contribution in [3.05, 3.63) is 331 Å². The van der Waals surface area contributed by atoms with Crippen molar-refractivity contribution in [1.82, 2.24) is 23.2 Å². The lowest BCUT2D eigenvalue weighted by Crippen LogP contribution is -2.71. The fourth-order valence-electron chi connectivity index (χ4n) is 21.6. The molecule has 0 saturated heterocycles. The Hall–Kier alpha value is -14.2. The third kappa shape index (κ3) is 5.40. The van der Waals surface area contributed by atoms with Gasteiger partial charge < -0.3 is 14.2 Å². The van der Waals surface area contributed by atoms with Gasteiger partial charge in [-0.25, -0.2) is 4.98 Å². The van der Waals surface area contributed by atoms with Crippen molar-refractivity contribution in [3.8, 4) is 68.3 Å². The van der Waals surface area contributed by atoms with E-state index in [9.17, 15) is 0 Å². The largest absolute Gasteiger partial charge is 0.456 e. The number of aromatic nitrogens is 11. The summed E-state index contributed by atoms with van der Waals surface area (Å²) < 4.78 is 42.2. The maximum Gasteiger partial charge on any atom is 0.372 e. The minimum Gasteiger partial charge on any atom is -0.456 e. The van der Waals surface area contributed by atoms with Gasteiger partial charge in [0.2, 0.25) is 22.7 Å². The quantitative estimate of drug-likeness (QED) is 0.111. The van der Waals surface area contributed by atoms with Gasteiger partial charge >= 0.3 is 33.9 Å². The van der Waals surface area contributed by atoms with Gasteiger partial charge in [-0.3, -0.25) is 4.98 Å². The lowest BCUT2D eigenvalue weighted by Gasteiger charge is -2.28. The van der Waals surface area contributed by atoms with E-state index in [0.717, 1.165) is 67.5 Å². The Balaban J connectivity index is 0.0000000858. The van der Waals surface area contributed by atoms with Crippen LogP contribution in [0.25, 0.3) is 149 Å². The van der Waals surface area contributed by atoms with Crippen LogP contribution in [-0.4, -0.2) is 23.2 Å². The van der Waals surface area contributed by atoms with E-state index < -0.39 is 17.0 Å². The van der Waals surface area contributed by atoms with Crippen molar-refractivity contribution >= 4 is 115 Å². The SMILES string of the molecule is c1cc2c3c(c1)-c1cccc[n+]1C31c3c(ccc4c5ccccc5n5c6ccccc6[n+]1c5c34)O2.c1cc2c3c(c1)-c1cccc[n+]1C31c3c(ccc4c5cccnc5n5c6ccccc6[n+]1c5c34)O2.c1cc2c3c(c1)-c1cccc[n+]1C31c3c(ccc4c5ncccc5n5c6ccccc6[n+]1c5c34)O2. The van der Waals surface area contributed by atoms with Crippen LogP contribution in [0, 0.1) is 0 Å². The van der Waals surface area contributed by atoms with Gasteiger partial charge in [-0.15, -0.1) is 27.4 Å². The summed E-state index contributed by atoms with van der Waals surface area (Å²) in [5, 5.41) is 9.79. The maximum absolute atomic E-state index is 6.67. The van der Waals surface area contributed by atoms with E-state index in [0.29, 0.717) is 0 Å². The van der Waals surface area contributed by atoms with E-state index in [1.165, 1.54) is 150 Å². The highest BCUT2D eigenvalue weighted by atomic mass is 16.5. The Bertz CT molecular complexity index is 7210. The predicted molar refractivity (Wildman–Crippen MR) is 397 cm³/mol. The second-order valence-corrected chi connectivity index (χ2v) is 29.0. The maximum atomic E-state index is 6.67. The minimum atomic E-state index is -0.566. The normalized spacial score (nSPS) is 18.1. The zero-order chi connectivity index (χ0) is 67.4. The van der Waals surface area contributed by atoms with Crippen LogP contribution < -0.4 is 41.6 Å². The number of pyridine rings is 8. The lowest BCUT2D eigenvalue weighted by atomic mass is 9.85. The molecule has 0 bridgehead atoms.